The predicted octanol–water partition coefficient (Wildman–Crippen LogP) is 3.53. The van der Waals surface area contributed by atoms with Crippen molar-refractivity contribution in [2.75, 3.05) is 26.2 Å². The lowest BCUT2D eigenvalue weighted by molar-refractivity contribution is -0.137. The molecule has 0 radical (unpaired) electrons. The first-order valence-corrected chi connectivity index (χ1v) is 7.30. The van der Waals surface area contributed by atoms with Crippen LogP contribution in [0, 0.1) is 0 Å². The topological polar surface area (TPSA) is 29.3 Å². The van der Waals surface area contributed by atoms with E-state index in [2.05, 4.69) is 4.90 Å². The van der Waals surface area contributed by atoms with Gasteiger partial charge in [0.15, 0.2) is 0 Å². The molecule has 0 bridgehead atoms. The second-order valence-electron chi connectivity index (χ2n) is 5.32. The van der Waals surface area contributed by atoms with Crippen LogP contribution in [0.15, 0.2) is 30.3 Å². The summed E-state index contributed by atoms with van der Waals surface area (Å²) in [6.45, 7) is 3.17. The Bertz CT molecular complexity index is 495. The molecule has 2 N–H and O–H groups in total. The molecule has 116 valence electrons. The van der Waals surface area contributed by atoms with Crippen molar-refractivity contribution in [3.63, 3.8) is 0 Å². The van der Waals surface area contributed by atoms with E-state index >= 15 is 0 Å². The average molecular weight is 298 g/mol. The normalized spacial score (nSPS) is 16.9. The van der Waals surface area contributed by atoms with Gasteiger partial charge in [0.1, 0.15) is 0 Å². The van der Waals surface area contributed by atoms with Gasteiger partial charge in [0.05, 0.1) is 5.56 Å². The highest BCUT2D eigenvalue weighted by Crippen LogP contribution is 2.36. The second-order valence-corrected chi connectivity index (χ2v) is 5.32. The Morgan fingerprint density at radius 2 is 1.90 bits per heavy atom. The summed E-state index contributed by atoms with van der Waals surface area (Å²) in [6, 6.07) is 5.83. The molecule has 0 atom stereocenters. The molecule has 0 aliphatic carbocycles. The fraction of sp³-hybridized carbons (Fsp3) is 0.500. The van der Waals surface area contributed by atoms with Crippen LogP contribution in [-0.2, 0) is 6.18 Å². The molecule has 0 saturated heterocycles. The number of nitrogens with zero attached hydrogens (tertiary/aromatic N) is 1. The summed E-state index contributed by atoms with van der Waals surface area (Å²) < 4.78 is 39.1. The zero-order chi connectivity index (χ0) is 15.3. The van der Waals surface area contributed by atoms with E-state index in [1.165, 1.54) is 6.07 Å². The van der Waals surface area contributed by atoms with E-state index in [1.54, 1.807) is 12.1 Å². The molecule has 0 amide bonds. The zero-order valence-electron chi connectivity index (χ0n) is 12.0. The fourth-order valence-electron chi connectivity index (χ4n) is 2.65. The van der Waals surface area contributed by atoms with Gasteiger partial charge in [0.2, 0.25) is 0 Å². The fourth-order valence-corrected chi connectivity index (χ4v) is 2.65. The Morgan fingerprint density at radius 3 is 2.52 bits per heavy atom. The van der Waals surface area contributed by atoms with Crippen LogP contribution in [-0.4, -0.2) is 31.1 Å². The third-order valence-electron chi connectivity index (χ3n) is 3.80. The third-order valence-corrected chi connectivity index (χ3v) is 3.80. The molecule has 0 fully saturated rings. The van der Waals surface area contributed by atoms with Gasteiger partial charge < -0.3 is 5.73 Å². The quantitative estimate of drug-likeness (QED) is 0.843. The molecule has 1 aromatic carbocycles. The molecule has 1 aliphatic rings. The van der Waals surface area contributed by atoms with Crippen molar-refractivity contribution < 1.29 is 13.2 Å². The van der Waals surface area contributed by atoms with Crippen molar-refractivity contribution in [3.05, 3.63) is 41.5 Å². The van der Waals surface area contributed by atoms with Crippen LogP contribution in [0.2, 0.25) is 0 Å². The van der Waals surface area contributed by atoms with Crippen LogP contribution in [0.3, 0.4) is 0 Å². The van der Waals surface area contributed by atoms with Gasteiger partial charge >= 0.3 is 6.18 Å². The van der Waals surface area contributed by atoms with E-state index in [-0.39, 0.29) is 0 Å². The van der Waals surface area contributed by atoms with Gasteiger partial charge in [-0.2, -0.15) is 13.2 Å². The Kier molecular flexibility index (Phi) is 5.42. The summed E-state index contributed by atoms with van der Waals surface area (Å²) in [4.78, 5) is 2.26. The van der Waals surface area contributed by atoms with Gasteiger partial charge in [0.25, 0.3) is 0 Å². The molecule has 0 saturated carbocycles. The predicted molar refractivity (Wildman–Crippen MR) is 78.8 cm³/mol. The van der Waals surface area contributed by atoms with Crippen LogP contribution in [0.4, 0.5) is 13.2 Å². The van der Waals surface area contributed by atoms with E-state index in [9.17, 15) is 13.2 Å². The molecule has 1 aliphatic heterocycles. The van der Waals surface area contributed by atoms with Gasteiger partial charge in [-0.15, -0.1) is 0 Å². The summed E-state index contributed by atoms with van der Waals surface area (Å²) in [7, 11) is 0. The molecule has 5 heteroatoms. The van der Waals surface area contributed by atoms with E-state index in [0.29, 0.717) is 25.1 Å². The van der Waals surface area contributed by atoms with E-state index in [1.807, 2.05) is 6.08 Å². The Morgan fingerprint density at radius 1 is 1.14 bits per heavy atom. The van der Waals surface area contributed by atoms with Crippen LogP contribution < -0.4 is 5.73 Å². The number of alkyl halides is 3. The molecule has 2 rings (SSSR count). The third kappa shape index (κ3) is 4.32. The van der Waals surface area contributed by atoms with Gasteiger partial charge in [-0.05, 0) is 49.6 Å². The minimum Gasteiger partial charge on any atom is -0.330 e. The maximum absolute atomic E-state index is 13.0. The summed E-state index contributed by atoms with van der Waals surface area (Å²) in [6.07, 6.45) is 0.324. The first kappa shape index (κ1) is 16.0. The molecular formula is C16H21F3N2. The Balaban J connectivity index is 2.07. The highest BCUT2D eigenvalue weighted by molar-refractivity contribution is 5.69. The van der Waals surface area contributed by atoms with Crippen LogP contribution in [0.25, 0.3) is 5.57 Å². The average Bonchev–Trinajstić information content (AvgIpc) is 2.47. The minimum absolute atomic E-state index is 0.326. The van der Waals surface area contributed by atoms with Gasteiger partial charge in [-0.3, -0.25) is 4.90 Å². The lowest BCUT2D eigenvalue weighted by Gasteiger charge is -2.27. The Labute approximate surface area is 123 Å². The number of benzene rings is 1. The minimum atomic E-state index is -4.30. The zero-order valence-corrected chi connectivity index (χ0v) is 12.0. The van der Waals surface area contributed by atoms with Crippen molar-refractivity contribution in [2.24, 2.45) is 5.73 Å². The molecule has 0 spiro atoms. The number of unbranched alkanes of at least 4 members (excludes halogenated alkanes) is 1. The molecule has 0 aromatic heterocycles. The van der Waals surface area contributed by atoms with E-state index in [0.717, 1.165) is 37.6 Å². The summed E-state index contributed by atoms with van der Waals surface area (Å²) in [5, 5.41) is 0. The smallest absolute Gasteiger partial charge is 0.330 e. The van der Waals surface area contributed by atoms with Gasteiger partial charge in [0, 0.05) is 13.1 Å². The van der Waals surface area contributed by atoms with Crippen LogP contribution in [0.5, 0.6) is 0 Å². The van der Waals surface area contributed by atoms with Crippen molar-refractivity contribution in [1.82, 2.24) is 4.90 Å². The largest absolute Gasteiger partial charge is 0.416 e. The molecule has 0 unspecified atom stereocenters. The lowest BCUT2D eigenvalue weighted by atomic mass is 9.94. The van der Waals surface area contributed by atoms with Crippen LogP contribution >= 0.6 is 0 Å². The Hall–Kier alpha value is -1.33. The summed E-state index contributed by atoms with van der Waals surface area (Å²) in [5.74, 6) is 0. The summed E-state index contributed by atoms with van der Waals surface area (Å²) >= 11 is 0. The molecule has 1 heterocycles. The van der Waals surface area contributed by atoms with E-state index < -0.39 is 11.7 Å². The number of nitrogens with two attached hydrogens (primary N) is 1. The molecule has 1 aromatic rings. The maximum Gasteiger partial charge on any atom is 0.416 e. The molecule has 21 heavy (non-hydrogen) atoms. The maximum atomic E-state index is 13.0. The standard InChI is InChI=1S/C16H21F3N2/c17-16(18,19)15-6-2-1-5-14(15)13-7-11-21(12-8-13)10-4-3-9-20/h1-2,5-7H,3-4,8-12,20H2. The van der Waals surface area contributed by atoms with Crippen molar-refractivity contribution >= 4 is 5.57 Å². The monoisotopic (exact) mass is 298 g/mol. The number of rotatable bonds is 5. The van der Waals surface area contributed by atoms with Crippen molar-refractivity contribution in [3.8, 4) is 0 Å². The molecular weight excluding hydrogens is 277 g/mol. The molecule has 2 nitrogen and oxygen atoms in total. The first-order valence-electron chi connectivity index (χ1n) is 7.30. The van der Waals surface area contributed by atoms with E-state index in [4.69, 9.17) is 5.73 Å². The lowest BCUT2D eigenvalue weighted by Crippen LogP contribution is -2.30. The highest BCUT2D eigenvalue weighted by Gasteiger charge is 2.33. The number of halogens is 3. The first-order chi connectivity index (χ1) is 10.0. The number of hydrogen-bond acceptors (Lipinski definition) is 2. The van der Waals surface area contributed by atoms with Crippen molar-refractivity contribution in [1.29, 1.82) is 0 Å². The highest BCUT2D eigenvalue weighted by atomic mass is 19.4. The number of hydrogen-bond donors (Lipinski definition) is 1. The van der Waals surface area contributed by atoms with Gasteiger partial charge in [-0.25, -0.2) is 0 Å². The van der Waals surface area contributed by atoms with Crippen LogP contribution in [0.1, 0.15) is 30.4 Å². The van der Waals surface area contributed by atoms with Crippen molar-refractivity contribution in [2.45, 2.75) is 25.4 Å². The summed E-state index contributed by atoms with van der Waals surface area (Å²) in [5.41, 5.74) is 6.06. The second kappa shape index (κ2) is 7.09. The van der Waals surface area contributed by atoms with Gasteiger partial charge in [-0.1, -0.05) is 24.3 Å². The SMILES string of the molecule is NCCCCN1CC=C(c2ccccc2C(F)(F)F)CC1.